The highest BCUT2D eigenvalue weighted by molar-refractivity contribution is 7.92. The molecule has 172 valence electrons. The van der Waals surface area contributed by atoms with Gasteiger partial charge in [0.2, 0.25) is 0 Å². The molecule has 1 heterocycles. The number of benzene rings is 2. The van der Waals surface area contributed by atoms with Crippen LogP contribution < -0.4 is 9.46 Å². The summed E-state index contributed by atoms with van der Waals surface area (Å²) in [6, 6.07) is 10.3. The molecule has 0 saturated carbocycles. The highest BCUT2D eigenvalue weighted by Crippen LogP contribution is 2.28. The molecule has 2 aromatic rings. The van der Waals surface area contributed by atoms with Gasteiger partial charge in [-0.15, -0.1) is 0 Å². The van der Waals surface area contributed by atoms with E-state index in [2.05, 4.69) is 11.6 Å². The molecule has 1 saturated heterocycles. The van der Waals surface area contributed by atoms with Crippen LogP contribution in [0.15, 0.2) is 47.4 Å². The van der Waals surface area contributed by atoms with Crippen LogP contribution in [0.5, 0.6) is 5.75 Å². The highest BCUT2D eigenvalue weighted by Gasteiger charge is 2.26. The van der Waals surface area contributed by atoms with Crippen LogP contribution in [0.25, 0.3) is 0 Å². The number of ether oxygens (including phenoxy) is 2. The maximum atomic E-state index is 13.1. The molecule has 32 heavy (non-hydrogen) atoms. The normalized spacial score (nSPS) is 14.7. The molecule has 0 aromatic heterocycles. The van der Waals surface area contributed by atoms with Crippen LogP contribution in [0, 0.1) is 5.92 Å². The molecule has 0 atom stereocenters. The molecule has 8 nitrogen and oxygen atoms in total. The number of piperidine rings is 1. The van der Waals surface area contributed by atoms with E-state index in [9.17, 15) is 18.0 Å². The Morgan fingerprint density at radius 1 is 1.09 bits per heavy atom. The average molecular weight is 461 g/mol. The standard InChI is InChI=1S/C23H28N2O6S/c1-4-31-23(27)18-7-5-6-8-20(18)24-32(28,29)17-9-10-21(30-3)19(15-17)22(26)25-13-11-16(2)12-14-25/h5-10,15-16,24H,4,11-14H2,1-3H3. The molecule has 1 fully saturated rings. The number of carbonyl (C=O) groups excluding carboxylic acids is 2. The number of carbonyl (C=O) groups is 2. The van der Waals surface area contributed by atoms with Crippen molar-refractivity contribution in [3.05, 3.63) is 53.6 Å². The average Bonchev–Trinajstić information content (AvgIpc) is 2.79. The SMILES string of the molecule is CCOC(=O)c1ccccc1NS(=O)(=O)c1ccc(OC)c(C(=O)N2CCC(C)CC2)c1. The summed E-state index contributed by atoms with van der Waals surface area (Å²) in [7, 11) is -2.65. The second kappa shape index (κ2) is 10.0. The molecule has 1 aliphatic rings. The third-order valence-electron chi connectivity index (χ3n) is 5.45. The summed E-state index contributed by atoms with van der Waals surface area (Å²) in [6.45, 7) is 5.22. The lowest BCUT2D eigenvalue weighted by Crippen LogP contribution is -2.38. The van der Waals surface area contributed by atoms with Crippen LogP contribution in [0.1, 0.15) is 47.4 Å². The first-order chi connectivity index (χ1) is 15.3. The van der Waals surface area contributed by atoms with Crippen LogP contribution in [0.2, 0.25) is 0 Å². The van der Waals surface area contributed by atoms with Crippen LogP contribution in [0.3, 0.4) is 0 Å². The van der Waals surface area contributed by atoms with Gasteiger partial charge in [0.05, 0.1) is 35.4 Å². The second-order valence-electron chi connectivity index (χ2n) is 7.71. The van der Waals surface area contributed by atoms with Crippen molar-refractivity contribution in [2.24, 2.45) is 5.92 Å². The summed E-state index contributed by atoms with van der Waals surface area (Å²) in [5, 5.41) is 0. The Morgan fingerprint density at radius 3 is 2.44 bits per heavy atom. The van der Waals surface area contributed by atoms with Crippen molar-refractivity contribution in [2.75, 3.05) is 31.5 Å². The number of anilines is 1. The Balaban J connectivity index is 1.92. The lowest BCUT2D eigenvalue weighted by atomic mass is 9.98. The summed E-state index contributed by atoms with van der Waals surface area (Å²) in [5.74, 6) is -0.0377. The summed E-state index contributed by atoms with van der Waals surface area (Å²) >= 11 is 0. The summed E-state index contributed by atoms with van der Waals surface area (Å²) < 4.78 is 39.0. The summed E-state index contributed by atoms with van der Waals surface area (Å²) in [4.78, 5) is 26.9. The van der Waals surface area contributed by atoms with Gasteiger partial charge in [0.1, 0.15) is 5.75 Å². The molecular formula is C23H28N2O6S. The maximum absolute atomic E-state index is 13.1. The van der Waals surface area contributed by atoms with Crippen LogP contribution in [-0.2, 0) is 14.8 Å². The number of nitrogens with zero attached hydrogens (tertiary/aromatic N) is 1. The smallest absolute Gasteiger partial charge is 0.340 e. The monoisotopic (exact) mass is 460 g/mol. The van der Waals surface area contributed by atoms with Gasteiger partial charge >= 0.3 is 5.97 Å². The molecule has 9 heteroatoms. The van der Waals surface area contributed by atoms with Crippen molar-refractivity contribution in [1.29, 1.82) is 0 Å². The Labute approximate surface area is 188 Å². The largest absolute Gasteiger partial charge is 0.496 e. The zero-order valence-electron chi connectivity index (χ0n) is 18.5. The zero-order chi connectivity index (χ0) is 23.3. The van der Waals surface area contributed by atoms with Gasteiger partial charge < -0.3 is 14.4 Å². The van der Waals surface area contributed by atoms with Crippen molar-refractivity contribution in [3.8, 4) is 5.75 Å². The molecule has 0 unspecified atom stereocenters. The first-order valence-corrected chi connectivity index (χ1v) is 12.0. The van der Waals surface area contributed by atoms with E-state index in [1.807, 2.05) is 0 Å². The van der Waals surface area contributed by atoms with E-state index < -0.39 is 16.0 Å². The highest BCUT2D eigenvalue weighted by atomic mass is 32.2. The van der Waals surface area contributed by atoms with Crippen molar-refractivity contribution >= 4 is 27.6 Å². The molecule has 0 spiro atoms. The molecular weight excluding hydrogens is 432 g/mol. The minimum Gasteiger partial charge on any atom is -0.496 e. The third-order valence-corrected chi connectivity index (χ3v) is 6.81. The molecule has 3 rings (SSSR count). The quantitative estimate of drug-likeness (QED) is 0.634. The van der Waals surface area contributed by atoms with E-state index in [4.69, 9.17) is 9.47 Å². The van der Waals surface area contributed by atoms with Gasteiger partial charge in [0.25, 0.3) is 15.9 Å². The third kappa shape index (κ3) is 5.21. The van der Waals surface area contributed by atoms with E-state index in [1.165, 1.54) is 37.4 Å². The number of hydrogen-bond acceptors (Lipinski definition) is 6. The van der Waals surface area contributed by atoms with E-state index >= 15 is 0 Å². The van der Waals surface area contributed by atoms with Gasteiger partial charge in [0, 0.05) is 13.1 Å². The topological polar surface area (TPSA) is 102 Å². The lowest BCUT2D eigenvalue weighted by molar-refractivity contribution is 0.0527. The number of hydrogen-bond donors (Lipinski definition) is 1. The predicted molar refractivity (Wildman–Crippen MR) is 121 cm³/mol. The van der Waals surface area contributed by atoms with Gasteiger partial charge in [-0.2, -0.15) is 0 Å². The van der Waals surface area contributed by atoms with Crippen LogP contribution in [-0.4, -0.2) is 52.0 Å². The number of para-hydroxylation sites is 1. The number of sulfonamides is 1. The van der Waals surface area contributed by atoms with Crippen molar-refractivity contribution in [1.82, 2.24) is 4.90 Å². The van der Waals surface area contributed by atoms with Crippen LogP contribution >= 0.6 is 0 Å². The molecule has 0 bridgehead atoms. The van der Waals surface area contributed by atoms with Gasteiger partial charge in [-0.1, -0.05) is 19.1 Å². The van der Waals surface area contributed by atoms with Crippen molar-refractivity contribution < 1.29 is 27.5 Å². The van der Waals surface area contributed by atoms with E-state index in [0.717, 1.165) is 12.8 Å². The van der Waals surface area contributed by atoms with Gasteiger partial charge in [-0.05, 0) is 56.0 Å². The summed E-state index contributed by atoms with van der Waals surface area (Å²) in [6.07, 6.45) is 1.80. The van der Waals surface area contributed by atoms with E-state index in [1.54, 1.807) is 24.0 Å². The van der Waals surface area contributed by atoms with Gasteiger partial charge in [-0.3, -0.25) is 9.52 Å². The number of amides is 1. The van der Waals surface area contributed by atoms with Crippen molar-refractivity contribution in [3.63, 3.8) is 0 Å². The fourth-order valence-corrected chi connectivity index (χ4v) is 4.67. The minimum atomic E-state index is -4.09. The number of likely N-dealkylation sites (tertiary alicyclic amines) is 1. The van der Waals surface area contributed by atoms with Crippen molar-refractivity contribution in [2.45, 2.75) is 31.6 Å². The Kier molecular flexibility index (Phi) is 7.40. The number of esters is 1. The van der Waals surface area contributed by atoms with Gasteiger partial charge in [-0.25, -0.2) is 13.2 Å². The molecule has 1 amide bonds. The fraction of sp³-hybridized carbons (Fsp3) is 0.391. The molecule has 0 radical (unpaired) electrons. The number of rotatable bonds is 7. The molecule has 2 aromatic carbocycles. The first-order valence-electron chi connectivity index (χ1n) is 10.5. The van der Waals surface area contributed by atoms with E-state index in [-0.39, 0.29) is 34.2 Å². The predicted octanol–water partition coefficient (Wildman–Crippen LogP) is 3.54. The molecule has 1 aliphatic heterocycles. The van der Waals surface area contributed by atoms with Gasteiger partial charge in [0.15, 0.2) is 0 Å². The summed E-state index contributed by atoms with van der Waals surface area (Å²) in [5.41, 5.74) is 0.383. The van der Waals surface area contributed by atoms with Crippen LogP contribution in [0.4, 0.5) is 5.69 Å². The minimum absolute atomic E-state index is 0.0969. The maximum Gasteiger partial charge on any atom is 0.340 e. The second-order valence-corrected chi connectivity index (χ2v) is 9.39. The number of nitrogens with one attached hydrogen (secondary N) is 1. The molecule has 1 N–H and O–H groups in total. The Hall–Kier alpha value is -3.07. The first kappa shape index (κ1) is 23.6. The molecule has 0 aliphatic carbocycles. The Bertz CT molecular complexity index is 1090. The zero-order valence-corrected chi connectivity index (χ0v) is 19.3. The lowest BCUT2D eigenvalue weighted by Gasteiger charge is -2.30. The van der Waals surface area contributed by atoms with E-state index in [0.29, 0.717) is 24.8 Å². The Morgan fingerprint density at radius 2 is 1.78 bits per heavy atom. The fourth-order valence-electron chi connectivity index (χ4n) is 3.57. The number of methoxy groups -OCH3 is 1.